The molecule has 2 rings (SSSR count). The second-order valence-corrected chi connectivity index (χ2v) is 6.26. The lowest BCUT2D eigenvalue weighted by Gasteiger charge is -2.21. The Morgan fingerprint density at radius 1 is 1.14 bits per heavy atom. The molecule has 0 radical (unpaired) electrons. The Labute approximate surface area is 141 Å². The minimum absolute atomic E-state index is 0.0322. The van der Waals surface area contributed by atoms with E-state index in [4.69, 9.17) is 12.2 Å². The lowest BCUT2D eigenvalue weighted by molar-refractivity contribution is 0.729. The van der Waals surface area contributed by atoms with E-state index in [1.165, 1.54) is 5.56 Å². The fourth-order valence-electron chi connectivity index (χ4n) is 2.16. The highest BCUT2D eigenvalue weighted by molar-refractivity contribution is 7.98. The predicted octanol–water partition coefficient (Wildman–Crippen LogP) is 3.39. The smallest absolute Gasteiger partial charge is 0.167 e. The summed E-state index contributed by atoms with van der Waals surface area (Å²) >= 11 is 7.29. The van der Waals surface area contributed by atoms with Crippen molar-refractivity contribution < 1.29 is 0 Å². The highest BCUT2D eigenvalue weighted by atomic mass is 32.2. The number of aromatic nitrogens is 1. The molecule has 0 unspecified atom stereocenters. The van der Waals surface area contributed by atoms with Crippen LogP contribution in [0.15, 0.2) is 54.9 Å². The third-order valence-corrected chi connectivity index (χ3v) is 4.22. The van der Waals surface area contributed by atoms with Crippen LogP contribution in [-0.2, 0) is 0 Å². The van der Waals surface area contributed by atoms with E-state index in [-0.39, 0.29) is 6.04 Å². The van der Waals surface area contributed by atoms with Crippen LogP contribution in [0.4, 0.5) is 0 Å². The molecular weight excluding hydrogens is 310 g/mol. The standard InChI is InChI=1S/C17H21N3S2/c1-22-13-5-10-19-17(21)20-16(14-6-3-2-4-7-14)15-8-11-18-12-9-15/h2-4,6-9,11-12,16H,5,10,13H2,1H3,(H2,19,20,21)/t16-/m0/s1. The van der Waals surface area contributed by atoms with Gasteiger partial charge in [-0.25, -0.2) is 0 Å². The van der Waals surface area contributed by atoms with Crippen LogP contribution in [0.3, 0.4) is 0 Å². The number of thioether (sulfide) groups is 1. The summed E-state index contributed by atoms with van der Waals surface area (Å²) in [6.07, 6.45) is 6.84. The van der Waals surface area contributed by atoms with E-state index in [9.17, 15) is 0 Å². The van der Waals surface area contributed by atoms with E-state index >= 15 is 0 Å². The number of nitrogens with zero attached hydrogens (tertiary/aromatic N) is 1. The van der Waals surface area contributed by atoms with Gasteiger partial charge in [-0.1, -0.05) is 30.3 Å². The van der Waals surface area contributed by atoms with Crippen molar-refractivity contribution in [2.45, 2.75) is 12.5 Å². The zero-order chi connectivity index (χ0) is 15.6. The first-order valence-corrected chi connectivity index (χ1v) is 9.09. The summed E-state index contributed by atoms with van der Waals surface area (Å²) in [6.45, 7) is 0.893. The fourth-order valence-corrected chi connectivity index (χ4v) is 2.81. The minimum Gasteiger partial charge on any atom is -0.363 e. The Hall–Kier alpha value is -1.59. The van der Waals surface area contributed by atoms with Crippen molar-refractivity contribution in [3.63, 3.8) is 0 Å². The molecular formula is C17H21N3S2. The average Bonchev–Trinajstić information content (AvgIpc) is 2.58. The van der Waals surface area contributed by atoms with E-state index < -0.39 is 0 Å². The Kier molecular flexibility index (Phi) is 7.19. The van der Waals surface area contributed by atoms with Gasteiger partial charge in [0.25, 0.3) is 0 Å². The van der Waals surface area contributed by atoms with Crippen molar-refractivity contribution in [3.8, 4) is 0 Å². The number of hydrogen-bond acceptors (Lipinski definition) is 3. The van der Waals surface area contributed by atoms with Gasteiger partial charge in [-0.05, 0) is 53.9 Å². The molecule has 2 aromatic rings. The lowest BCUT2D eigenvalue weighted by atomic mass is 10.00. The molecule has 116 valence electrons. The molecule has 1 atom stereocenters. The number of rotatable bonds is 7. The van der Waals surface area contributed by atoms with Gasteiger partial charge in [-0.3, -0.25) is 4.98 Å². The molecule has 0 amide bonds. The maximum Gasteiger partial charge on any atom is 0.167 e. The van der Waals surface area contributed by atoms with Crippen molar-refractivity contribution in [3.05, 3.63) is 66.0 Å². The first-order chi connectivity index (χ1) is 10.8. The number of pyridine rings is 1. The van der Waals surface area contributed by atoms with E-state index in [1.807, 2.05) is 54.5 Å². The molecule has 0 bridgehead atoms. The first kappa shape index (κ1) is 16.8. The Morgan fingerprint density at radius 3 is 2.50 bits per heavy atom. The van der Waals surface area contributed by atoms with E-state index in [1.54, 1.807) is 0 Å². The number of hydrogen-bond donors (Lipinski definition) is 2. The highest BCUT2D eigenvalue weighted by Crippen LogP contribution is 2.21. The van der Waals surface area contributed by atoms with E-state index in [2.05, 4.69) is 34.0 Å². The quantitative estimate of drug-likeness (QED) is 0.601. The third kappa shape index (κ3) is 5.31. The normalized spacial score (nSPS) is 11.7. The first-order valence-electron chi connectivity index (χ1n) is 7.29. The maximum absolute atomic E-state index is 5.44. The average molecular weight is 332 g/mol. The summed E-state index contributed by atoms with van der Waals surface area (Å²) in [5, 5.41) is 7.38. The van der Waals surface area contributed by atoms with Crippen LogP contribution in [0.2, 0.25) is 0 Å². The summed E-state index contributed by atoms with van der Waals surface area (Å²) in [4.78, 5) is 4.09. The molecule has 5 heteroatoms. The predicted molar refractivity (Wildman–Crippen MR) is 99.3 cm³/mol. The monoisotopic (exact) mass is 331 g/mol. The van der Waals surface area contributed by atoms with E-state index in [0.717, 1.165) is 24.3 Å². The van der Waals surface area contributed by atoms with Crippen molar-refractivity contribution in [2.24, 2.45) is 0 Å². The number of benzene rings is 1. The maximum atomic E-state index is 5.44. The third-order valence-electron chi connectivity index (χ3n) is 3.26. The molecule has 1 aromatic carbocycles. The Bertz CT molecular complexity index is 521. The molecule has 3 nitrogen and oxygen atoms in total. The molecule has 2 N–H and O–H groups in total. The molecule has 22 heavy (non-hydrogen) atoms. The topological polar surface area (TPSA) is 37.0 Å². The van der Waals surface area contributed by atoms with Gasteiger partial charge in [-0.2, -0.15) is 11.8 Å². The van der Waals surface area contributed by atoms with Gasteiger partial charge in [0.05, 0.1) is 6.04 Å². The van der Waals surface area contributed by atoms with Crippen molar-refractivity contribution in [1.29, 1.82) is 0 Å². The fraction of sp³-hybridized carbons (Fsp3) is 0.294. The molecule has 0 aliphatic heterocycles. The summed E-state index contributed by atoms with van der Waals surface area (Å²) < 4.78 is 0. The Balaban J connectivity index is 2.04. The zero-order valence-corrected chi connectivity index (χ0v) is 14.3. The number of thiocarbonyl (C=S) groups is 1. The van der Waals surface area contributed by atoms with Gasteiger partial charge in [0.1, 0.15) is 0 Å². The van der Waals surface area contributed by atoms with Gasteiger partial charge in [0.15, 0.2) is 5.11 Å². The van der Waals surface area contributed by atoms with Crippen LogP contribution in [-0.4, -0.2) is 28.6 Å². The zero-order valence-electron chi connectivity index (χ0n) is 12.7. The van der Waals surface area contributed by atoms with Crippen LogP contribution in [0, 0.1) is 0 Å². The van der Waals surface area contributed by atoms with Crippen LogP contribution >= 0.6 is 24.0 Å². The van der Waals surface area contributed by atoms with Crippen LogP contribution in [0.25, 0.3) is 0 Å². The van der Waals surface area contributed by atoms with Crippen LogP contribution in [0.1, 0.15) is 23.6 Å². The van der Waals surface area contributed by atoms with Gasteiger partial charge >= 0.3 is 0 Å². The van der Waals surface area contributed by atoms with Crippen LogP contribution in [0.5, 0.6) is 0 Å². The van der Waals surface area contributed by atoms with Crippen molar-refractivity contribution >= 4 is 29.1 Å². The minimum atomic E-state index is 0.0322. The second kappa shape index (κ2) is 9.43. The van der Waals surface area contributed by atoms with Crippen LogP contribution < -0.4 is 10.6 Å². The van der Waals surface area contributed by atoms with Gasteiger partial charge in [0, 0.05) is 18.9 Å². The van der Waals surface area contributed by atoms with Crippen molar-refractivity contribution in [1.82, 2.24) is 15.6 Å². The summed E-state index contributed by atoms with van der Waals surface area (Å²) in [5.74, 6) is 1.14. The molecule has 0 fully saturated rings. The summed E-state index contributed by atoms with van der Waals surface area (Å²) in [6, 6.07) is 14.4. The molecule has 0 saturated carbocycles. The molecule has 0 saturated heterocycles. The highest BCUT2D eigenvalue weighted by Gasteiger charge is 2.14. The Morgan fingerprint density at radius 2 is 1.82 bits per heavy atom. The molecule has 0 aliphatic rings. The molecule has 1 aromatic heterocycles. The lowest BCUT2D eigenvalue weighted by Crippen LogP contribution is -2.38. The van der Waals surface area contributed by atoms with Gasteiger partial charge in [-0.15, -0.1) is 0 Å². The summed E-state index contributed by atoms with van der Waals surface area (Å²) in [5.41, 5.74) is 2.33. The van der Waals surface area contributed by atoms with Gasteiger partial charge < -0.3 is 10.6 Å². The number of nitrogens with one attached hydrogen (secondary N) is 2. The largest absolute Gasteiger partial charge is 0.363 e. The summed E-state index contributed by atoms with van der Waals surface area (Å²) in [7, 11) is 0. The van der Waals surface area contributed by atoms with Gasteiger partial charge in [0.2, 0.25) is 0 Å². The molecule has 0 aliphatic carbocycles. The SMILES string of the molecule is CSCCCNC(=S)N[C@@H](c1ccccc1)c1ccncc1. The van der Waals surface area contributed by atoms with E-state index in [0.29, 0.717) is 5.11 Å². The van der Waals surface area contributed by atoms with Crippen molar-refractivity contribution in [2.75, 3.05) is 18.6 Å². The molecule has 1 heterocycles. The second-order valence-electron chi connectivity index (χ2n) is 4.87. The molecule has 0 spiro atoms.